The molecule has 0 radical (unpaired) electrons. The molecule has 2 fully saturated rings. The van der Waals surface area contributed by atoms with Crippen molar-refractivity contribution in [3.63, 3.8) is 0 Å². The number of aliphatic hydroxyl groups excluding tert-OH is 1. The van der Waals surface area contributed by atoms with Crippen LogP contribution < -0.4 is 0 Å². The van der Waals surface area contributed by atoms with E-state index in [-0.39, 0.29) is 36.5 Å². The van der Waals surface area contributed by atoms with Crippen molar-refractivity contribution in [3.8, 4) is 11.5 Å². The molecule has 2 aliphatic rings. The number of rotatable bonds is 10. The van der Waals surface area contributed by atoms with Gasteiger partial charge in [-0.15, -0.1) is 0 Å². The van der Waals surface area contributed by atoms with Crippen LogP contribution >= 0.6 is 0 Å². The number of Topliss-reactive ketones (excluding diaryl/α,β-unsaturated/α-hetero) is 3. The lowest BCUT2D eigenvalue weighted by molar-refractivity contribution is -0.176. The van der Waals surface area contributed by atoms with E-state index in [0.29, 0.717) is 6.42 Å². The molecule has 44 heavy (non-hydrogen) atoms. The minimum absolute atomic E-state index is 0.0171. The van der Waals surface area contributed by atoms with Crippen LogP contribution in [0.25, 0.3) is 5.76 Å². The second-order valence-electron chi connectivity index (χ2n) is 14.1. The van der Waals surface area contributed by atoms with Crippen LogP contribution in [0, 0.1) is 22.2 Å². The number of phenols is 2. The van der Waals surface area contributed by atoms with Crippen molar-refractivity contribution in [2.24, 2.45) is 22.2 Å². The molecule has 3 atom stereocenters. The Labute approximate surface area is 263 Å². The molecule has 0 unspecified atom stereocenters. The third-order valence-electron chi connectivity index (χ3n) is 9.82. The molecule has 6 nitrogen and oxygen atoms in total. The molecule has 3 N–H and O–H groups in total. The Morgan fingerprint density at radius 3 is 1.98 bits per heavy atom. The van der Waals surface area contributed by atoms with Gasteiger partial charge in [-0.2, -0.15) is 0 Å². The Morgan fingerprint density at radius 2 is 1.41 bits per heavy atom. The Balaban J connectivity index is 2.32. The van der Waals surface area contributed by atoms with Crippen LogP contribution in [0.1, 0.15) is 106 Å². The van der Waals surface area contributed by atoms with E-state index in [2.05, 4.69) is 32.9 Å². The highest BCUT2D eigenvalue weighted by atomic mass is 16.3. The van der Waals surface area contributed by atoms with Gasteiger partial charge in [0.1, 0.15) is 16.7 Å². The molecule has 0 saturated heterocycles. The molecular weight excluding hydrogens is 552 g/mol. The van der Waals surface area contributed by atoms with Gasteiger partial charge in [-0.05, 0) is 117 Å². The molecule has 1 aromatic carbocycles. The van der Waals surface area contributed by atoms with Crippen LogP contribution in [0.3, 0.4) is 0 Å². The monoisotopic (exact) mass is 602 g/mol. The molecule has 2 bridgehead atoms. The van der Waals surface area contributed by atoms with Gasteiger partial charge in [0.2, 0.25) is 0 Å². The van der Waals surface area contributed by atoms with Crippen LogP contribution in [0.5, 0.6) is 11.5 Å². The number of aromatic hydroxyl groups is 2. The number of benzene rings is 1. The average Bonchev–Trinajstić information content (AvgIpc) is 2.92. The average molecular weight is 603 g/mol. The third-order valence-corrected chi connectivity index (χ3v) is 9.82. The molecule has 2 saturated carbocycles. The van der Waals surface area contributed by atoms with Gasteiger partial charge in [0.05, 0.1) is 5.41 Å². The number of carbonyl (C=O) groups is 3. The van der Waals surface area contributed by atoms with Crippen molar-refractivity contribution < 1.29 is 29.7 Å². The fourth-order valence-electron chi connectivity index (χ4n) is 6.86. The summed E-state index contributed by atoms with van der Waals surface area (Å²) in [6.07, 6.45) is 11.1. The number of carbonyl (C=O) groups excluding carboxylic acids is 3. The van der Waals surface area contributed by atoms with E-state index in [1.165, 1.54) is 23.3 Å². The summed E-state index contributed by atoms with van der Waals surface area (Å²) in [4.78, 5) is 44.3. The summed E-state index contributed by atoms with van der Waals surface area (Å²) >= 11 is 0. The lowest BCUT2D eigenvalue weighted by Gasteiger charge is -2.60. The largest absolute Gasteiger partial charge is 0.506 e. The van der Waals surface area contributed by atoms with Gasteiger partial charge in [0, 0.05) is 5.56 Å². The molecule has 0 aromatic heterocycles. The topological polar surface area (TPSA) is 112 Å². The van der Waals surface area contributed by atoms with E-state index in [1.54, 1.807) is 0 Å². The Hall–Kier alpha value is -3.67. The summed E-state index contributed by atoms with van der Waals surface area (Å²) < 4.78 is 0. The minimum Gasteiger partial charge on any atom is -0.506 e. The van der Waals surface area contributed by atoms with Crippen molar-refractivity contribution in [1.82, 2.24) is 0 Å². The van der Waals surface area contributed by atoms with Crippen LogP contribution in [0.4, 0.5) is 0 Å². The molecule has 0 amide bonds. The maximum absolute atomic E-state index is 14.9. The van der Waals surface area contributed by atoms with Crippen LogP contribution in [0.2, 0.25) is 0 Å². The quantitative estimate of drug-likeness (QED) is 0.0616. The summed E-state index contributed by atoms with van der Waals surface area (Å²) in [5, 5.41) is 31.5. The molecule has 2 aliphatic carbocycles. The van der Waals surface area contributed by atoms with Gasteiger partial charge in [0.25, 0.3) is 0 Å². The third kappa shape index (κ3) is 6.27. The van der Waals surface area contributed by atoms with Gasteiger partial charge < -0.3 is 15.3 Å². The number of phenolic OH excluding ortho intramolecular Hbond substituents is 2. The number of aliphatic hydroxyl groups is 1. The molecule has 0 spiro atoms. The van der Waals surface area contributed by atoms with Gasteiger partial charge in [-0.1, -0.05) is 60.4 Å². The van der Waals surface area contributed by atoms with Crippen LogP contribution in [-0.2, 0) is 14.4 Å². The predicted octanol–water partition coefficient (Wildman–Crippen LogP) is 8.90. The highest BCUT2D eigenvalue weighted by Gasteiger charge is 2.73. The van der Waals surface area contributed by atoms with Gasteiger partial charge in [0.15, 0.2) is 28.8 Å². The second-order valence-corrected chi connectivity index (χ2v) is 14.1. The fraction of sp³-hybridized carbons (Fsp3) is 0.500. The second kappa shape index (κ2) is 13.1. The van der Waals surface area contributed by atoms with Crippen molar-refractivity contribution in [2.45, 2.75) is 101 Å². The first-order valence-electron chi connectivity index (χ1n) is 15.6. The predicted molar refractivity (Wildman–Crippen MR) is 176 cm³/mol. The zero-order valence-corrected chi connectivity index (χ0v) is 27.9. The van der Waals surface area contributed by atoms with E-state index >= 15 is 0 Å². The Bertz CT molecular complexity index is 1480. The lowest BCUT2D eigenvalue weighted by Crippen LogP contribution is -2.69. The first kappa shape index (κ1) is 34.8. The molecule has 3 rings (SSSR count). The van der Waals surface area contributed by atoms with E-state index in [0.717, 1.165) is 30.1 Å². The molecule has 0 aliphatic heterocycles. The van der Waals surface area contributed by atoms with Crippen molar-refractivity contribution in [3.05, 3.63) is 75.9 Å². The summed E-state index contributed by atoms with van der Waals surface area (Å²) in [6, 6.07) is 3.65. The molecule has 6 heteroatoms. The number of allylic oxidation sites excluding steroid dienone is 9. The molecular formula is C38H50O6. The maximum atomic E-state index is 14.9. The maximum Gasteiger partial charge on any atom is 0.184 e. The van der Waals surface area contributed by atoms with Crippen molar-refractivity contribution in [1.29, 1.82) is 0 Å². The van der Waals surface area contributed by atoms with Gasteiger partial charge in [-0.3, -0.25) is 14.4 Å². The molecule has 1 aromatic rings. The van der Waals surface area contributed by atoms with Crippen LogP contribution in [0.15, 0.2) is 70.4 Å². The number of fused-ring (bicyclic) bond motifs is 2. The Morgan fingerprint density at radius 1 is 0.818 bits per heavy atom. The first-order valence-corrected chi connectivity index (χ1v) is 15.6. The Kier molecular flexibility index (Phi) is 10.4. The van der Waals surface area contributed by atoms with Gasteiger partial charge >= 0.3 is 0 Å². The van der Waals surface area contributed by atoms with E-state index in [1.807, 2.05) is 53.7 Å². The van der Waals surface area contributed by atoms with Gasteiger partial charge in [-0.25, -0.2) is 0 Å². The summed E-state index contributed by atoms with van der Waals surface area (Å²) in [6.45, 7) is 17.8. The summed E-state index contributed by atoms with van der Waals surface area (Å²) in [5.74, 6) is -3.36. The van der Waals surface area contributed by atoms with E-state index in [9.17, 15) is 29.7 Å². The van der Waals surface area contributed by atoms with Crippen LogP contribution in [-0.4, -0.2) is 32.7 Å². The zero-order valence-electron chi connectivity index (χ0n) is 27.9. The highest BCUT2D eigenvalue weighted by molar-refractivity contribution is 6.41. The standard InChI is InChI=1S/C38H50O6/c1-23(2)11-10-12-26(7)13-15-28-22-37(19-17-24(3)4)33(42)31(32(41)27-14-16-29(39)30(40)21-27)34(43)38(35(37)44,36(28,8)9)20-18-25(5)6/h11,13-14,16-18,21,28,39-41H,10,12,15,19-20,22H2,1-9H3/b26-13-,32-31?/t28-,37+,38-/m1/s1. The fourth-order valence-corrected chi connectivity index (χ4v) is 6.86. The van der Waals surface area contributed by atoms with E-state index in [4.69, 9.17) is 0 Å². The number of hydrogen-bond acceptors (Lipinski definition) is 6. The zero-order chi connectivity index (χ0) is 33.2. The van der Waals surface area contributed by atoms with E-state index < -0.39 is 50.6 Å². The molecule has 238 valence electrons. The highest BCUT2D eigenvalue weighted by Crippen LogP contribution is 2.65. The minimum atomic E-state index is -1.59. The number of hydrogen-bond donors (Lipinski definition) is 3. The number of ketones is 3. The van der Waals surface area contributed by atoms with Crippen molar-refractivity contribution in [2.75, 3.05) is 0 Å². The first-order chi connectivity index (χ1) is 20.4. The SMILES string of the molecule is CC(C)=CCC/C(C)=C\C[C@@H]1C[C@@]2(CC=C(C)C)C(=O)C(=C(O)c3ccc(O)c(O)c3)C(=O)[C@](CC=C(C)C)(C2=O)C1(C)C. The van der Waals surface area contributed by atoms with Crippen molar-refractivity contribution >= 4 is 23.1 Å². The summed E-state index contributed by atoms with van der Waals surface area (Å²) in [7, 11) is 0. The normalized spacial score (nSPS) is 25.8. The lowest BCUT2D eigenvalue weighted by atomic mass is 9.38. The molecule has 0 heterocycles. The smallest absolute Gasteiger partial charge is 0.184 e. The summed E-state index contributed by atoms with van der Waals surface area (Å²) in [5.41, 5.74) is 0.00501.